The molecule has 2 atom stereocenters. The number of thioether (sulfide) groups is 1. The Bertz CT molecular complexity index is 545. The van der Waals surface area contributed by atoms with E-state index in [9.17, 15) is 15.3 Å². The van der Waals surface area contributed by atoms with Gasteiger partial charge in [-0.2, -0.15) is 10.5 Å². The molecule has 0 heterocycles. The minimum atomic E-state index is -1.28. The fourth-order valence-electron chi connectivity index (χ4n) is 2.20. The lowest BCUT2D eigenvalue weighted by molar-refractivity contribution is -0.152. The molecule has 1 aromatic rings. The Balaban J connectivity index is 2.19. The van der Waals surface area contributed by atoms with Crippen molar-refractivity contribution in [2.45, 2.75) is 16.6 Å². The first-order valence-electron chi connectivity index (χ1n) is 5.80. The van der Waals surface area contributed by atoms with Gasteiger partial charge in [0.25, 0.3) is 0 Å². The minimum absolute atomic E-state index is 0.200. The number of benzene rings is 1. The van der Waals surface area contributed by atoms with Gasteiger partial charge in [0.05, 0.1) is 25.2 Å². The maximum Gasteiger partial charge on any atom is 0.311 e. The molecule has 0 radical (unpaired) electrons. The number of nitriles is 2. The second-order valence-corrected chi connectivity index (χ2v) is 5.60. The van der Waals surface area contributed by atoms with Crippen molar-refractivity contribution in [3.63, 3.8) is 0 Å². The number of methoxy groups -OCH3 is 1. The largest absolute Gasteiger partial charge is 0.469 e. The summed E-state index contributed by atoms with van der Waals surface area (Å²) < 4.78 is 4.66. The molecule has 0 bridgehead atoms. The van der Waals surface area contributed by atoms with E-state index in [0.717, 1.165) is 4.90 Å². The number of carbonyl (C=O) groups is 1. The van der Waals surface area contributed by atoms with Crippen molar-refractivity contribution in [1.82, 2.24) is 0 Å². The molecule has 19 heavy (non-hydrogen) atoms. The van der Waals surface area contributed by atoms with Crippen molar-refractivity contribution in [1.29, 1.82) is 10.5 Å². The highest BCUT2D eigenvalue weighted by molar-refractivity contribution is 8.00. The molecule has 1 fully saturated rings. The van der Waals surface area contributed by atoms with Crippen LogP contribution in [0.25, 0.3) is 0 Å². The Morgan fingerprint density at radius 2 is 2.00 bits per heavy atom. The number of hydrogen-bond acceptors (Lipinski definition) is 5. The third-order valence-electron chi connectivity index (χ3n) is 3.38. The van der Waals surface area contributed by atoms with Gasteiger partial charge in [-0.1, -0.05) is 18.2 Å². The first kappa shape index (κ1) is 13.5. The third-order valence-corrected chi connectivity index (χ3v) is 4.78. The van der Waals surface area contributed by atoms with Gasteiger partial charge in [-0.05, 0) is 18.6 Å². The lowest BCUT2D eigenvalue weighted by atomic mass is 9.61. The van der Waals surface area contributed by atoms with Crippen LogP contribution in [0.4, 0.5) is 0 Å². The van der Waals surface area contributed by atoms with Crippen LogP contribution < -0.4 is 0 Å². The van der Waals surface area contributed by atoms with Crippen molar-refractivity contribution in [3.05, 3.63) is 30.3 Å². The Morgan fingerprint density at radius 3 is 2.53 bits per heavy atom. The summed E-state index contributed by atoms with van der Waals surface area (Å²) in [5.74, 6) is -1.12. The molecule has 1 aliphatic carbocycles. The van der Waals surface area contributed by atoms with Gasteiger partial charge in [0.1, 0.15) is 0 Å². The lowest BCUT2D eigenvalue weighted by Gasteiger charge is -2.44. The zero-order chi connectivity index (χ0) is 13.9. The van der Waals surface area contributed by atoms with Crippen LogP contribution in [-0.4, -0.2) is 18.3 Å². The molecule has 0 aromatic heterocycles. The smallest absolute Gasteiger partial charge is 0.311 e. The standard InChI is InChI=1S/C14H12N2O2S/c1-18-13(17)11-7-12(14(11,8-15)9-16)19-10-5-3-2-4-6-10/h2-6,11-12H,7H2,1H3/t11-,12+/m1/s1. The average Bonchev–Trinajstić information content (AvgIpc) is 2.45. The van der Waals surface area contributed by atoms with Gasteiger partial charge in [0, 0.05) is 10.1 Å². The summed E-state index contributed by atoms with van der Waals surface area (Å²) in [4.78, 5) is 12.6. The summed E-state index contributed by atoms with van der Waals surface area (Å²) in [5, 5.41) is 18.4. The van der Waals surface area contributed by atoms with Gasteiger partial charge < -0.3 is 4.74 Å². The summed E-state index contributed by atoms with van der Waals surface area (Å²) in [6.07, 6.45) is 0.493. The van der Waals surface area contributed by atoms with Gasteiger partial charge in [0.15, 0.2) is 5.41 Å². The lowest BCUT2D eigenvalue weighted by Crippen LogP contribution is -2.53. The molecule has 2 rings (SSSR count). The van der Waals surface area contributed by atoms with Crippen LogP contribution >= 0.6 is 11.8 Å². The van der Waals surface area contributed by atoms with E-state index in [2.05, 4.69) is 4.74 Å². The molecule has 0 spiro atoms. The van der Waals surface area contributed by atoms with E-state index >= 15 is 0 Å². The quantitative estimate of drug-likeness (QED) is 0.790. The monoisotopic (exact) mass is 272 g/mol. The zero-order valence-corrected chi connectivity index (χ0v) is 11.2. The van der Waals surface area contributed by atoms with Crippen molar-refractivity contribution in [2.75, 3.05) is 7.11 Å². The van der Waals surface area contributed by atoms with Gasteiger partial charge >= 0.3 is 5.97 Å². The van der Waals surface area contributed by atoms with E-state index < -0.39 is 17.3 Å². The van der Waals surface area contributed by atoms with Gasteiger partial charge in [0.2, 0.25) is 0 Å². The predicted molar refractivity (Wildman–Crippen MR) is 69.9 cm³/mol. The highest BCUT2D eigenvalue weighted by atomic mass is 32.2. The van der Waals surface area contributed by atoms with Crippen molar-refractivity contribution < 1.29 is 9.53 Å². The van der Waals surface area contributed by atoms with E-state index in [0.29, 0.717) is 6.42 Å². The highest BCUT2D eigenvalue weighted by Crippen LogP contribution is 2.54. The van der Waals surface area contributed by atoms with E-state index in [1.807, 2.05) is 42.5 Å². The summed E-state index contributed by atoms with van der Waals surface area (Å²) in [7, 11) is 1.28. The van der Waals surface area contributed by atoms with Crippen LogP contribution in [-0.2, 0) is 9.53 Å². The molecule has 0 N–H and O–H groups in total. The number of rotatable bonds is 3. The molecule has 0 amide bonds. The van der Waals surface area contributed by atoms with E-state index in [1.54, 1.807) is 0 Å². The number of nitrogens with zero attached hydrogens (tertiary/aromatic N) is 2. The summed E-state index contributed by atoms with van der Waals surface area (Å²) in [6.45, 7) is 0. The molecule has 5 heteroatoms. The SMILES string of the molecule is COC(=O)[C@H]1C[C@H](Sc2ccccc2)C1(C#N)C#N. The van der Waals surface area contributed by atoms with Crippen molar-refractivity contribution in [2.24, 2.45) is 11.3 Å². The second-order valence-electron chi connectivity index (χ2n) is 4.32. The van der Waals surface area contributed by atoms with Crippen LogP contribution in [0.1, 0.15) is 6.42 Å². The normalized spacial score (nSPS) is 23.5. The molecule has 0 saturated heterocycles. The average molecular weight is 272 g/mol. The van der Waals surface area contributed by atoms with Gasteiger partial charge in [-0.25, -0.2) is 0 Å². The molecular formula is C14H12N2O2S. The van der Waals surface area contributed by atoms with Crippen LogP contribution in [0.5, 0.6) is 0 Å². The van der Waals surface area contributed by atoms with E-state index in [4.69, 9.17) is 0 Å². The van der Waals surface area contributed by atoms with Crippen LogP contribution in [0.2, 0.25) is 0 Å². The van der Waals surface area contributed by atoms with Crippen LogP contribution in [0.3, 0.4) is 0 Å². The van der Waals surface area contributed by atoms with Crippen molar-refractivity contribution in [3.8, 4) is 12.1 Å². The molecule has 1 aliphatic rings. The van der Waals surface area contributed by atoms with E-state index in [1.165, 1.54) is 18.9 Å². The summed E-state index contributed by atoms with van der Waals surface area (Å²) in [6, 6.07) is 13.6. The number of hydrogen-bond donors (Lipinski definition) is 0. The Labute approximate surface area is 116 Å². The topological polar surface area (TPSA) is 73.9 Å². The maximum absolute atomic E-state index is 11.6. The summed E-state index contributed by atoms with van der Waals surface area (Å²) >= 11 is 1.47. The van der Waals surface area contributed by atoms with Crippen LogP contribution in [0.15, 0.2) is 35.2 Å². The van der Waals surface area contributed by atoms with Crippen molar-refractivity contribution >= 4 is 17.7 Å². The number of esters is 1. The first-order chi connectivity index (χ1) is 9.17. The maximum atomic E-state index is 11.6. The first-order valence-corrected chi connectivity index (χ1v) is 6.68. The molecule has 4 nitrogen and oxygen atoms in total. The fourth-order valence-corrected chi connectivity index (χ4v) is 3.59. The predicted octanol–water partition coefficient (Wildman–Crippen LogP) is 2.37. The fraction of sp³-hybridized carbons (Fsp3) is 0.357. The highest BCUT2D eigenvalue weighted by Gasteiger charge is 2.61. The molecule has 96 valence electrons. The third kappa shape index (κ3) is 2.18. The molecule has 0 unspecified atom stereocenters. The second kappa shape index (κ2) is 5.34. The Morgan fingerprint density at radius 1 is 1.37 bits per heavy atom. The van der Waals surface area contributed by atoms with Gasteiger partial charge in [-0.3, -0.25) is 4.79 Å². The zero-order valence-electron chi connectivity index (χ0n) is 10.4. The Hall–Kier alpha value is -1.98. The molecule has 0 aliphatic heterocycles. The molecule has 1 saturated carbocycles. The summed E-state index contributed by atoms with van der Waals surface area (Å²) in [5.41, 5.74) is -1.28. The molecule has 1 aromatic carbocycles. The van der Waals surface area contributed by atoms with E-state index in [-0.39, 0.29) is 5.25 Å². The number of carbonyl (C=O) groups excluding carboxylic acids is 1. The number of ether oxygens (including phenoxy) is 1. The Kier molecular flexibility index (Phi) is 3.78. The van der Waals surface area contributed by atoms with Crippen LogP contribution in [0, 0.1) is 34.0 Å². The minimum Gasteiger partial charge on any atom is -0.469 e. The molecular weight excluding hydrogens is 260 g/mol. The van der Waals surface area contributed by atoms with Gasteiger partial charge in [-0.15, -0.1) is 11.8 Å².